The molecule has 0 fully saturated rings. The Morgan fingerprint density at radius 3 is 2.88 bits per heavy atom. The van der Waals surface area contributed by atoms with Crippen molar-refractivity contribution in [2.24, 2.45) is 0 Å². The highest BCUT2D eigenvalue weighted by atomic mass is 35.5. The van der Waals surface area contributed by atoms with E-state index in [1.165, 1.54) is 11.8 Å². The number of thioether (sulfide) groups is 1. The number of nitrogens with zero attached hydrogens (tertiary/aromatic N) is 4. The van der Waals surface area contributed by atoms with Crippen LogP contribution in [-0.2, 0) is 4.79 Å². The molecule has 0 aliphatic rings. The summed E-state index contributed by atoms with van der Waals surface area (Å²) in [6, 6.07) is 12.7. The zero-order valence-electron chi connectivity index (χ0n) is 13.1. The maximum atomic E-state index is 12.2. The molecule has 2 aromatic carbocycles. The third kappa shape index (κ3) is 4.50. The molecule has 1 heterocycles. The van der Waals surface area contributed by atoms with Gasteiger partial charge in [0.25, 0.3) is 0 Å². The smallest absolute Gasteiger partial charge is 0.234 e. The van der Waals surface area contributed by atoms with Crippen LogP contribution in [0.5, 0.6) is 0 Å². The Bertz CT molecular complexity index is 915. The molecule has 1 amide bonds. The normalized spacial score (nSPS) is 10.7. The second-order valence-corrected chi connectivity index (χ2v) is 6.96. The minimum absolute atomic E-state index is 0.134. The van der Waals surface area contributed by atoms with Crippen molar-refractivity contribution >= 4 is 46.6 Å². The number of anilines is 1. The zero-order valence-corrected chi connectivity index (χ0v) is 15.4. The number of aryl methyl sites for hydroxylation is 1. The predicted molar refractivity (Wildman–Crippen MR) is 99.7 cm³/mol. The quantitative estimate of drug-likeness (QED) is 0.662. The van der Waals surface area contributed by atoms with Crippen molar-refractivity contribution in [2.75, 3.05) is 11.1 Å². The number of tetrazole rings is 1. The van der Waals surface area contributed by atoms with Crippen molar-refractivity contribution < 1.29 is 4.79 Å². The number of benzene rings is 2. The van der Waals surface area contributed by atoms with Gasteiger partial charge in [-0.3, -0.25) is 4.79 Å². The summed E-state index contributed by atoms with van der Waals surface area (Å²) in [6.45, 7) is 1.99. The Kier molecular flexibility index (Phi) is 5.57. The van der Waals surface area contributed by atoms with Gasteiger partial charge in [0.05, 0.1) is 22.2 Å². The highest BCUT2D eigenvalue weighted by Crippen LogP contribution is 2.26. The van der Waals surface area contributed by atoms with Crippen molar-refractivity contribution in [3.05, 3.63) is 58.1 Å². The van der Waals surface area contributed by atoms with E-state index in [4.69, 9.17) is 23.2 Å². The van der Waals surface area contributed by atoms with E-state index >= 15 is 0 Å². The lowest BCUT2D eigenvalue weighted by Crippen LogP contribution is -2.15. The van der Waals surface area contributed by atoms with Crippen molar-refractivity contribution in [3.8, 4) is 5.69 Å². The van der Waals surface area contributed by atoms with E-state index < -0.39 is 0 Å². The van der Waals surface area contributed by atoms with Crippen molar-refractivity contribution in [1.82, 2.24) is 20.2 Å². The maximum Gasteiger partial charge on any atom is 0.234 e. The van der Waals surface area contributed by atoms with Crippen molar-refractivity contribution in [1.29, 1.82) is 0 Å². The molecule has 0 bridgehead atoms. The van der Waals surface area contributed by atoms with E-state index in [0.717, 1.165) is 11.3 Å². The van der Waals surface area contributed by atoms with Gasteiger partial charge >= 0.3 is 0 Å². The summed E-state index contributed by atoms with van der Waals surface area (Å²) >= 11 is 13.2. The van der Waals surface area contributed by atoms with Gasteiger partial charge in [-0.15, -0.1) is 5.10 Å². The van der Waals surface area contributed by atoms with Crippen LogP contribution in [0.3, 0.4) is 0 Å². The van der Waals surface area contributed by atoms with Crippen LogP contribution in [-0.4, -0.2) is 31.9 Å². The fourth-order valence-corrected chi connectivity index (χ4v) is 3.13. The molecule has 3 rings (SSSR count). The van der Waals surface area contributed by atoms with Crippen LogP contribution < -0.4 is 5.32 Å². The third-order valence-electron chi connectivity index (χ3n) is 3.22. The van der Waals surface area contributed by atoms with Gasteiger partial charge in [-0.05, 0) is 53.2 Å². The first-order valence-electron chi connectivity index (χ1n) is 7.26. The van der Waals surface area contributed by atoms with Gasteiger partial charge in [-0.1, -0.05) is 47.1 Å². The number of carbonyl (C=O) groups is 1. The van der Waals surface area contributed by atoms with Crippen LogP contribution >= 0.6 is 35.0 Å². The summed E-state index contributed by atoms with van der Waals surface area (Å²) in [6.07, 6.45) is 0. The first-order chi connectivity index (χ1) is 12.0. The summed E-state index contributed by atoms with van der Waals surface area (Å²) in [5.41, 5.74) is 2.40. The average molecular weight is 394 g/mol. The van der Waals surface area contributed by atoms with Gasteiger partial charge in [0.1, 0.15) is 0 Å². The summed E-state index contributed by atoms with van der Waals surface area (Å²) in [7, 11) is 0. The maximum absolute atomic E-state index is 12.2. The van der Waals surface area contributed by atoms with E-state index in [2.05, 4.69) is 20.8 Å². The van der Waals surface area contributed by atoms with Crippen molar-refractivity contribution in [3.63, 3.8) is 0 Å². The van der Waals surface area contributed by atoms with E-state index in [1.54, 1.807) is 22.9 Å². The Balaban J connectivity index is 1.67. The number of amides is 1. The first-order valence-corrected chi connectivity index (χ1v) is 9.00. The lowest BCUT2D eigenvalue weighted by atomic mass is 10.2. The van der Waals surface area contributed by atoms with Crippen LogP contribution in [0, 0.1) is 6.92 Å². The molecule has 0 unspecified atom stereocenters. The molecule has 3 aromatic rings. The molecular weight excluding hydrogens is 381 g/mol. The molecule has 0 aliphatic heterocycles. The minimum Gasteiger partial charge on any atom is -0.324 e. The molecule has 0 saturated heterocycles. The highest BCUT2D eigenvalue weighted by Gasteiger charge is 2.13. The standard InChI is InChI=1S/C16H13Cl2N5OS/c1-10-3-2-4-12(7-10)23-16(20-21-22-23)25-9-15(24)19-14-8-11(17)5-6-13(14)18/h2-8H,9H2,1H3,(H,19,24). The molecule has 0 atom stereocenters. The Hall–Kier alpha value is -2.09. The summed E-state index contributed by atoms with van der Waals surface area (Å²) in [5.74, 6) is -0.0948. The van der Waals surface area contributed by atoms with Crippen LogP contribution in [0.25, 0.3) is 5.69 Å². The monoisotopic (exact) mass is 393 g/mol. The van der Waals surface area contributed by atoms with Crippen LogP contribution in [0.2, 0.25) is 10.0 Å². The van der Waals surface area contributed by atoms with Gasteiger partial charge in [-0.25, -0.2) is 0 Å². The molecule has 0 saturated carbocycles. The van der Waals surface area contributed by atoms with Crippen molar-refractivity contribution in [2.45, 2.75) is 12.1 Å². The Morgan fingerprint density at radius 1 is 1.24 bits per heavy atom. The van der Waals surface area contributed by atoms with E-state index in [9.17, 15) is 4.79 Å². The predicted octanol–water partition coefficient (Wildman–Crippen LogP) is 4.01. The van der Waals surface area contributed by atoms with Crippen LogP contribution in [0.15, 0.2) is 47.6 Å². The second-order valence-electron chi connectivity index (χ2n) is 5.17. The number of hydrogen-bond acceptors (Lipinski definition) is 5. The molecule has 0 aliphatic carbocycles. The number of nitrogens with one attached hydrogen (secondary N) is 1. The zero-order chi connectivity index (χ0) is 17.8. The molecule has 128 valence electrons. The largest absolute Gasteiger partial charge is 0.324 e. The Labute approximate surface area is 158 Å². The average Bonchev–Trinajstić information content (AvgIpc) is 3.05. The molecule has 0 radical (unpaired) electrons. The lowest BCUT2D eigenvalue weighted by Gasteiger charge is -2.08. The molecule has 1 N–H and O–H groups in total. The molecule has 0 spiro atoms. The van der Waals surface area contributed by atoms with Gasteiger partial charge in [0.15, 0.2) is 0 Å². The fourth-order valence-electron chi connectivity index (χ4n) is 2.10. The minimum atomic E-state index is -0.229. The Morgan fingerprint density at radius 2 is 2.08 bits per heavy atom. The fraction of sp³-hybridized carbons (Fsp3) is 0.125. The highest BCUT2D eigenvalue weighted by molar-refractivity contribution is 7.99. The van der Waals surface area contributed by atoms with Gasteiger partial charge in [0.2, 0.25) is 11.1 Å². The number of hydrogen-bond donors (Lipinski definition) is 1. The number of carbonyl (C=O) groups excluding carboxylic acids is 1. The van der Waals surface area contributed by atoms with E-state index in [1.807, 2.05) is 31.2 Å². The van der Waals surface area contributed by atoms with Gasteiger partial charge in [-0.2, -0.15) is 4.68 Å². The van der Waals surface area contributed by atoms with Gasteiger partial charge < -0.3 is 5.32 Å². The summed E-state index contributed by atoms with van der Waals surface area (Å²) in [4.78, 5) is 12.2. The molecule has 6 nitrogen and oxygen atoms in total. The van der Waals surface area contributed by atoms with E-state index in [-0.39, 0.29) is 11.7 Å². The lowest BCUT2D eigenvalue weighted by molar-refractivity contribution is -0.113. The number of aromatic nitrogens is 4. The topological polar surface area (TPSA) is 72.7 Å². The molecular formula is C16H13Cl2N5OS. The summed E-state index contributed by atoms with van der Waals surface area (Å²) < 4.78 is 1.59. The molecule has 25 heavy (non-hydrogen) atoms. The third-order valence-corrected chi connectivity index (χ3v) is 4.71. The summed E-state index contributed by atoms with van der Waals surface area (Å²) in [5, 5.41) is 15.8. The number of halogens is 2. The molecule has 1 aromatic heterocycles. The molecule has 9 heteroatoms. The SMILES string of the molecule is Cc1cccc(-n2nnnc2SCC(=O)Nc2cc(Cl)ccc2Cl)c1. The first kappa shape index (κ1) is 17.7. The number of rotatable bonds is 5. The van der Waals surface area contributed by atoms with E-state index in [0.29, 0.717) is 20.9 Å². The van der Waals surface area contributed by atoms with Crippen LogP contribution in [0.4, 0.5) is 5.69 Å². The van der Waals surface area contributed by atoms with Gasteiger partial charge in [0, 0.05) is 5.02 Å². The second kappa shape index (κ2) is 7.86. The van der Waals surface area contributed by atoms with Crippen LogP contribution in [0.1, 0.15) is 5.56 Å².